The number of aliphatic hydroxyl groups excluding tert-OH is 1. The van der Waals surface area contributed by atoms with E-state index in [1.54, 1.807) is 0 Å². The van der Waals surface area contributed by atoms with Crippen LogP contribution in [0.3, 0.4) is 0 Å². The van der Waals surface area contributed by atoms with E-state index in [1.807, 2.05) is 6.92 Å². The second-order valence-electron chi connectivity index (χ2n) is 3.53. The van der Waals surface area contributed by atoms with Crippen molar-refractivity contribution in [3.8, 4) is 0 Å². The minimum Gasteiger partial charge on any atom is -0.479 e. The highest BCUT2D eigenvalue weighted by atomic mass is 16.4. The van der Waals surface area contributed by atoms with Gasteiger partial charge in [-0.2, -0.15) is 0 Å². The minimum absolute atomic E-state index is 0.192. The summed E-state index contributed by atoms with van der Waals surface area (Å²) in [6.07, 6.45) is -0.591. The van der Waals surface area contributed by atoms with Crippen molar-refractivity contribution >= 4 is 12.0 Å². The summed E-state index contributed by atoms with van der Waals surface area (Å²) in [5.74, 6) is -0.852. The van der Waals surface area contributed by atoms with Gasteiger partial charge in [-0.3, -0.25) is 0 Å². The number of rotatable bonds is 4. The number of aliphatic carboxylic acids is 1. The molecule has 0 heterocycles. The van der Waals surface area contributed by atoms with Crippen LogP contribution in [0.4, 0.5) is 4.79 Å². The molecule has 6 heteroatoms. The molecule has 1 saturated carbocycles. The summed E-state index contributed by atoms with van der Waals surface area (Å²) < 4.78 is 0. The molecular weight excluding hydrogens is 188 g/mol. The molecular formula is C8H14N2O4. The van der Waals surface area contributed by atoms with Crippen molar-refractivity contribution in [3.05, 3.63) is 0 Å². The van der Waals surface area contributed by atoms with Crippen molar-refractivity contribution in [2.24, 2.45) is 5.92 Å². The van der Waals surface area contributed by atoms with Crippen molar-refractivity contribution in [2.45, 2.75) is 25.5 Å². The Morgan fingerprint density at radius 2 is 2.14 bits per heavy atom. The summed E-state index contributed by atoms with van der Waals surface area (Å²) in [7, 11) is 0. The van der Waals surface area contributed by atoms with Gasteiger partial charge in [0.05, 0.1) is 6.54 Å². The first-order valence-electron chi connectivity index (χ1n) is 4.46. The molecule has 0 spiro atoms. The van der Waals surface area contributed by atoms with Crippen LogP contribution in [0.25, 0.3) is 0 Å². The van der Waals surface area contributed by atoms with Gasteiger partial charge in [0.2, 0.25) is 0 Å². The molecule has 3 atom stereocenters. The summed E-state index contributed by atoms with van der Waals surface area (Å²) in [6.45, 7) is 1.74. The Hall–Kier alpha value is -1.30. The Morgan fingerprint density at radius 3 is 2.57 bits per heavy atom. The topological polar surface area (TPSA) is 98.7 Å². The van der Waals surface area contributed by atoms with E-state index < -0.39 is 18.1 Å². The smallest absolute Gasteiger partial charge is 0.334 e. The first-order valence-corrected chi connectivity index (χ1v) is 4.46. The molecule has 0 aromatic heterocycles. The number of hydrogen-bond donors (Lipinski definition) is 4. The summed E-state index contributed by atoms with van der Waals surface area (Å²) in [5.41, 5.74) is 0. The normalized spacial score (nSPS) is 26.4. The van der Waals surface area contributed by atoms with E-state index >= 15 is 0 Å². The summed E-state index contributed by atoms with van der Waals surface area (Å²) in [4.78, 5) is 21.2. The number of nitrogens with one attached hydrogen (secondary N) is 2. The van der Waals surface area contributed by atoms with E-state index in [2.05, 4.69) is 10.6 Å². The van der Waals surface area contributed by atoms with Crippen LogP contribution in [0.15, 0.2) is 0 Å². The number of amides is 2. The molecule has 0 saturated heterocycles. The molecule has 2 amide bonds. The number of hydrogen-bond acceptors (Lipinski definition) is 3. The average Bonchev–Trinajstić information content (AvgIpc) is 2.77. The number of carbonyl (C=O) groups is 2. The standard InChI is InChI=1S/C8H14N2O4/c1-4-2-5(4)10-8(14)9-3-6(11)7(12)13/h4-6,11H,2-3H2,1H3,(H,12,13)(H2,9,10,14). The Balaban J connectivity index is 2.11. The summed E-state index contributed by atoms with van der Waals surface area (Å²) >= 11 is 0. The van der Waals surface area contributed by atoms with E-state index in [4.69, 9.17) is 10.2 Å². The molecule has 1 fully saturated rings. The largest absolute Gasteiger partial charge is 0.479 e. The van der Waals surface area contributed by atoms with Crippen LogP contribution in [-0.2, 0) is 4.79 Å². The molecule has 0 aromatic carbocycles. The third-order valence-electron chi connectivity index (χ3n) is 2.17. The Labute approximate surface area is 81.3 Å². The molecule has 4 N–H and O–H groups in total. The molecule has 1 aliphatic carbocycles. The summed E-state index contributed by atoms with van der Waals surface area (Å²) in [6, 6.07) is -0.239. The lowest BCUT2D eigenvalue weighted by molar-refractivity contribution is -0.146. The first kappa shape index (κ1) is 10.8. The number of aliphatic hydroxyl groups is 1. The molecule has 80 valence electrons. The van der Waals surface area contributed by atoms with Gasteiger partial charge >= 0.3 is 12.0 Å². The highest BCUT2D eigenvalue weighted by Crippen LogP contribution is 2.28. The van der Waals surface area contributed by atoms with Crippen LogP contribution in [0.2, 0.25) is 0 Å². The predicted octanol–water partition coefficient (Wildman–Crippen LogP) is -0.861. The van der Waals surface area contributed by atoms with Crippen LogP contribution in [-0.4, -0.2) is 40.9 Å². The lowest BCUT2D eigenvalue weighted by Gasteiger charge is -2.08. The third-order valence-corrected chi connectivity index (χ3v) is 2.17. The zero-order valence-corrected chi connectivity index (χ0v) is 7.86. The number of carboxylic acid groups (broad SMARTS) is 1. The monoisotopic (exact) mass is 202 g/mol. The van der Waals surface area contributed by atoms with Crippen molar-refractivity contribution in [1.82, 2.24) is 10.6 Å². The predicted molar refractivity (Wildman–Crippen MR) is 47.7 cm³/mol. The van der Waals surface area contributed by atoms with Gasteiger partial charge in [-0.05, 0) is 12.3 Å². The van der Waals surface area contributed by atoms with Gasteiger partial charge < -0.3 is 20.8 Å². The molecule has 0 aliphatic heterocycles. The van der Waals surface area contributed by atoms with Crippen LogP contribution in [0.5, 0.6) is 0 Å². The van der Waals surface area contributed by atoms with Gasteiger partial charge in [0.15, 0.2) is 6.10 Å². The minimum atomic E-state index is -1.54. The second kappa shape index (κ2) is 4.28. The van der Waals surface area contributed by atoms with E-state index in [1.165, 1.54) is 0 Å². The number of carbonyl (C=O) groups excluding carboxylic acids is 1. The number of urea groups is 1. The van der Waals surface area contributed by atoms with E-state index in [0.29, 0.717) is 5.92 Å². The van der Waals surface area contributed by atoms with Gasteiger partial charge in [0.25, 0.3) is 0 Å². The lowest BCUT2D eigenvalue weighted by Crippen LogP contribution is -2.43. The van der Waals surface area contributed by atoms with E-state index in [0.717, 1.165) is 6.42 Å². The van der Waals surface area contributed by atoms with Crippen molar-refractivity contribution in [3.63, 3.8) is 0 Å². The zero-order valence-electron chi connectivity index (χ0n) is 7.86. The SMILES string of the molecule is CC1CC1NC(=O)NCC(O)C(=O)O. The van der Waals surface area contributed by atoms with Gasteiger partial charge in [0.1, 0.15) is 0 Å². The van der Waals surface area contributed by atoms with E-state index in [-0.39, 0.29) is 12.6 Å². The maximum Gasteiger partial charge on any atom is 0.334 e. The van der Waals surface area contributed by atoms with Gasteiger partial charge in [0, 0.05) is 6.04 Å². The third kappa shape index (κ3) is 3.21. The van der Waals surface area contributed by atoms with Crippen LogP contribution in [0, 0.1) is 5.92 Å². The molecule has 1 aliphatic rings. The Kier molecular flexibility index (Phi) is 3.29. The molecule has 14 heavy (non-hydrogen) atoms. The molecule has 6 nitrogen and oxygen atoms in total. The molecule has 0 radical (unpaired) electrons. The Morgan fingerprint density at radius 1 is 1.57 bits per heavy atom. The highest BCUT2D eigenvalue weighted by molar-refractivity contribution is 5.77. The second-order valence-corrected chi connectivity index (χ2v) is 3.53. The fraction of sp³-hybridized carbons (Fsp3) is 0.750. The summed E-state index contributed by atoms with van der Waals surface area (Å²) in [5, 5.41) is 22.1. The molecule has 1 rings (SSSR count). The lowest BCUT2D eigenvalue weighted by atomic mass is 10.4. The van der Waals surface area contributed by atoms with Crippen molar-refractivity contribution in [1.29, 1.82) is 0 Å². The van der Waals surface area contributed by atoms with Crippen LogP contribution >= 0.6 is 0 Å². The van der Waals surface area contributed by atoms with Crippen molar-refractivity contribution in [2.75, 3.05) is 6.54 Å². The van der Waals surface area contributed by atoms with Gasteiger partial charge in [-0.25, -0.2) is 9.59 Å². The van der Waals surface area contributed by atoms with Crippen molar-refractivity contribution < 1.29 is 19.8 Å². The fourth-order valence-electron chi connectivity index (χ4n) is 1.02. The first-order chi connectivity index (χ1) is 6.50. The van der Waals surface area contributed by atoms with Crippen LogP contribution in [0.1, 0.15) is 13.3 Å². The van der Waals surface area contributed by atoms with Crippen LogP contribution < -0.4 is 10.6 Å². The Bertz CT molecular complexity index is 243. The molecule has 3 unspecified atom stereocenters. The molecule has 0 aromatic rings. The zero-order chi connectivity index (χ0) is 10.7. The molecule has 0 bridgehead atoms. The number of carboxylic acids is 1. The highest BCUT2D eigenvalue weighted by Gasteiger charge is 2.33. The maximum atomic E-state index is 11.0. The quantitative estimate of drug-likeness (QED) is 0.476. The average molecular weight is 202 g/mol. The maximum absolute atomic E-state index is 11.0. The fourth-order valence-corrected chi connectivity index (χ4v) is 1.02. The van der Waals surface area contributed by atoms with Gasteiger partial charge in [-0.1, -0.05) is 6.92 Å². The van der Waals surface area contributed by atoms with E-state index in [9.17, 15) is 9.59 Å². The van der Waals surface area contributed by atoms with Gasteiger partial charge in [-0.15, -0.1) is 0 Å².